The summed E-state index contributed by atoms with van der Waals surface area (Å²) in [6.45, 7) is 13.1. The lowest BCUT2D eigenvalue weighted by Crippen LogP contribution is -2.43. The van der Waals surface area contributed by atoms with E-state index in [0.717, 1.165) is 36.1 Å². The zero-order chi connectivity index (χ0) is 23.1. The van der Waals surface area contributed by atoms with E-state index < -0.39 is 18.1 Å². The van der Waals surface area contributed by atoms with Crippen LogP contribution >= 0.6 is 0 Å². The number of sulfonamides is 1. The number of fused-ring (bicyclic) bond motifs is 3. The number of hydrogen-bond donors (Lipinski definition) is 0. The highest BCUT2D eigenvalue weighted by atomic mass is 32.2. The smallest absolute Gasteiger partial charge is 0.213 e. The molecule has 1 saturated heterocycles. The van der Waals surface area contributed by atoms with Gasteiger partial charge in [-0.05, 0) is 31.4 Å². The van der Waals surface area contributed by atoms with E-state index in [-0.39, 0.29) is 11.7 Å². The molecule has 0 N–H and O–H groups in total. The second-order valence-corrected chi connectivity index (χ2v) is 17.9. The topological polar surface area (TPSA) is 94.6 Å². The number of aromatic nitrogens is 5. The average molecular weight is 479 g/mol. The van der Waals surface area contributed by atoms with E-state index in [1.807, 2.05) is 21.2 Å². The summed E-state index contributed by atoms with van der Waals surface area (Å²) in [7, 11) is -4.37. The Morgan fingerprint density at radius 2 is 2.03 bits per heavy atom. The molecule has 1 fully saturated rings. The van der Waals surface area contributed by atoms with Gasteiger partial charge in [0.25, 0.3) is 0 Å². The first kappa shape index (κ1) is 23.3. The van der Waals surface area contributed by atoms with E-state index in [1.165, 1.54) is 0 Å². The van der Waals surface area contributed by atoms with Crippen LogP contribution in [0, 0.1) is 5.92 Å². The van der Waals surface area contributed by atoms with Crippen LogP contribution in [-0.2, 0) is 21.5 Å². The Balaban J connectivity index is 1.64. The minimum Gasteiger partial charge on any atom is -0.361 e. The van der Waals surface area contributed by atoms with Gasteiger partial charge >= 0.3 is 0 Å². The Kier molecular flexibility index (Phi) is 6.45. The van der Waals surface area contributed by atoms with Crippen LogP contribution in [0.1, 0.15) is 32.0 Å². The van der Waals surface area contributed by atoms with Crippen molar-refractivity contribution in [3.8, 4) is 0 Å². The van der Waals surface area contributed by atoms with Crippen molar-refractivity contribution in [1.29, 1.82) is 0 Å². The van der Waals surface area contributed by atoms with Crippen LogP contribution in [0.25, 0.3) is 16.8 Å². The second kappa shape index (κ2) is 8.84. The molecule has 0 aromatic carbocycles. The largest absolute Gasteiger partial charge is 0.361 e. The second-order valence-electron chi connectivity index (χ2n) is 9.98. The number of rotatable bonds is 8. The maximum atomic E-state index is 12.5. The summed E-state index contributed by atoms with van der Waals surface area (Å²) in [6.07, 6.45) is 4.51. The van der Waals surface area contributed by atoms with Crippen LogP contribution in [0.15, 0.2) is 18.5 Å². The van der Waals surface area contributed by atoms with Crippen LogP contribution in [-0.4, -0.2) is 70.4 Å². The molecule has 0 spiro atoms. The highest BCUT2D eigenvalue weighted by molar-refractivity contribution is 7.89. The monoisotopic (exact) mass is 478 g/mol. The normalized spacial score (nSPS) is 21.0. The average Bonchev–Trinajstić information content (AvgIpc) is 3.34. The Hall–Kier alpha value is -1.82. The SMILES string of the molecule is CCS(=O)(=O)N1CCC(C)C(c2nnc3cnc4c(ccn4COCC[Si](C)(C)C)n23)C1. The van der Waals surface area contributed by atoms with Crippen molar-refractivity contribution < 1.29 is 13.2 Å². The highest BCUT2D eigenvalue weighted by Crippen LogP contribution is 2.33. The van der Waals surface area contributed by atoms with Gasteiger partial charge in [0.05, 0.1) is 17.5 Å². The van der Waals surface area contributed by atoms with Crippen LogP contribution in [0.4, 0.5) is 0 Å². The minimum absolute atomic E-state index is 0.0259. The first-order chi connectivity index (χ1) is 15.1. The first-order valence-electron chi connectivity index (χ1n) is 11.3. The van der Waals surface area contributed by atoms with Gasteiger partial charge in [-0.2, -0.15) is 0 Å². The molecule has 0 radical (unpaired) electrons. The first-order valence-corrected chi connectivity index (χ1v) is 16.7. The van der Waals surface area contributed by atoms with Crippen molar-refractivity contribution in [3.63, 3.8) is 0 Å². The molecular weight excluding hydrogens is 444 g/mol. The standard InChI is InChI=1S/C21H34N6O3SSi/c1-6-31(28,29)26-10-7-16(2)17(14-26)20-24-23-19-13-22-21-18(27(19)20)8-9-25(21)15-30-11-12-32(3,4)5/h8-9,13,16-17H,6-7,10-12,14-15H2,1-5H3. The quantitative estimate of drug-likeness (QED) is 0.365. The molecule has 2 unspecified atom stereocenters. The zero-order valence-electron chi connectivity index (χ0n) is 19.7. The molecule has 0 amide bonds. The fraction of sp³-hybridized carbons (Fsp3) is 0.667. The third-order valence-electron chi connectivity index (χ3n) is 6.41. The summed E-state index contributed by atoms with van der Waals surface area (Å²) < 4.78 is 36.6. The molecule has 4 heterocycles. The Morgan fingerprint density at radius 3 is 2.75 bits per heavy atom. The van der Waals surface area contributed by atoms with Gasteiger partial charge < -0.3 is 9.30 Å². The predicted octanol–water partition coefficient (Wildman–Crippen LogP) is 3.17. The molecule has 2 atom stereocenters. The van der Waals surface area contributed by atoms with E-state index in [0.29, 0.717) is 31.4 Å². The molecule has 0 bridgehead atoms. The van der Waals surface area contributed by atoms with Crippen molar-refractivity contribution in [2.75, 3.05) is 25.4 Å². The van der Waals surface area contributed by atoms with Crippen LogP contribution in [0.2, 0.25) is 25.7 Å². The minimum atomic E-state index is -3.24. The lowest BCUT2D eigenvalue weighted by Gasteiger charge is -2.35. The third-order valence-corrected chi connectivity index (χ3v) is 9.96. The van der Waals surface area contributed by atoms with Crippen LogP contribution < -0.4 is 0 Å². The van der Waals surface area contributed by atoms with E-state index in [1.54, 1.807) is 17.4 Å². The van der Waals surface area contributed by atoms with E-state index in [4.69, 9.17) is 4.74 Å². The number of ether oxygens (including phenoxy) is 1. The van der Waals surface area contributed by atoms with Gasteiger partial charge in [-0.1, -0.05) is 26.6 Å². The maximum absolute atomic E-state index is 12.5. The molecule has 3 aromatic heterocycles. The van der Waals surface area contributed by atoms with E-state index in [2.05, 4.69) is 41.7 Å². The van der Waals surface area contributed by atoms with Crippen LogP contribution in [0.5, 0.6) is 0 Å². The molecule has 9 nitrogen and oxygen atoms in total. The third kappa shape index (κ3) is 4.61. The summed E-state index contributed by atoms with van der Waals surface area (Å²) >= 11 is 0. The van der Waals surface area contributed by atoms with Crippen molar-refractivity contribution in [3.05, 3.63) is 24.3 Å². The summed E-state index contributed by atoms with van der Waals surface area (Å²) in [5.41, 5.74) is 2.40. The number of hydrogen-bond acceptors (Lipinski definition) is 6. The highest BCUT2D eigenvalue weighted by Gasteiger charge is 2.35. The summed E-state index contributed by atoms with van der Waals surface area (Å²) in [4.78, 5) is 4.60. The molecule has 11 heteroatoms. The summed E-state index contributed by atoms with van der Waals surface area (Å²) in [5.74, 6) is 1.19. The number of nitrogens with zero attached hydrogens (tertiary/aromatic N) is 6. The van der Waals surface area contributed by atoms with Gasteiger partial charge in [0, 0.05) is 39.9 Å². The molecule has 0 saturated carbocycles. The Bertz CT molecular complexity index is 1200. The van der Waals surface area contributed by atoms with Crippen molar-refractivity contribution in [2.24, 2.45) is 5.92 Å². The van der Waals surface area contributed by atoms with E-state index >= 15 is 0 Å². The van der Waals surface area contributed by atoms with Crippen molar-refractivity contribution in [2.45, 2.75) is 58.6 Å². The Labute approximate surface area is 190 Å². The van der Waals surface area contributed by atoms with Crippen molar-refractivity contribution in [1.82, 2.24) is 28.5 Å². The predicted molar refractivity (Wildman–Crippen MR) is 128 cm³/mol. The van der Waals surface area contributed by atoms with Gasteiger partial charge in [0.15, 0.2) is 11.3 Å². The molecular formula is C21H34N6O3SSi. The lowest BCUT2D eigenvalue weighted by molar-refractivity contribution is 0.0899. The maximum Gasteiger partial charge on any atom is 0.213 e. The van der Waals surface area contributed by atoms with Gasteiger partial charge in [0.2, 0.25) is 10.0 Å². The Morgan fingerprint density at radius 1 is 1.25 bits per heavy atom. The summed E-state index contributed by atoms with van der Waals surface area (Å²) in [6, 6.07) is 3.13. The van der Waals surface area contributed by atoms with Crippen molar-refractivity contribution >= 4 is 34.9 Å². The molecule has 3 aromatic rings. The van der Waals surface area contributed by atoms with Gasteiger partial charge in [0.1, 0.15) is 12.6 Å². The van der Waals surface area contributed by atoms with Gasteiger partial charge in [-0.25, -0.2) is 17.7 Å². The molecule has 4 rings (SSSR count). The molecule has 32 heavy (non-hydrogen) atoms. The molecule has 1 aliphatic heterocycles. The van der Waals surface area contributed by atoms with Gasteiger partial charge in [-0.15, -0.1) is 10.2 Å². The van der Waals surface area contributed by atoms with E-state index in [9.17, 15) is 8.42 Å². The van der Waals surface area contributed by atoms with Gasteiger partial charge in [-0.3, -0.25) is 4.40 Å². The molecule has 1 aliphatic rings. The fourth-order valence-corrected chi connectivity index (χ4v) is 6.12. The fourth-order valence-electron chi connectivity index (χ4n) is 4.22. The zero-order valence-corrected chi connectivity index (χ0v) is 21.5. The molecule has 176 valence electrons. The number of piperidine rings is 1. The lowest BCUT2D eigenvalue weighted by atomic mass is 9.87. The summed E-state index contributed by atoms with van der Waals surface area (Å²) in [5, 5.41) is 8.83. The van der Waals surface area contributed by atoms with Crippen LogP contribution in [0.3, 0.4) is 0 Å². The molecule has 0 aliphatic carbocycles.